The first kappa shape index (κ1) is 14.5. The van der Waals surface area contributed by atoms with Crippen LogP contribution in [0.1, 0.15) is 6.92 Å². The zero-order valence-corrected chi connectivity index (χ0v) is 13.1. The van der Waals surface area contributed by atoms with Gasteiger partial charge in [-0.15, -0.1) is 11.3 Å². The standard InChI is InChI=1S/C14H10N4O2S2/c1-2-19-12-5-9(15-7-21)3-4-10(12)14-17-13(18-20-14)11-6-22-8-16-11/h3-6,8H,2H2,1H3. The number of hydrogen-bond donors (Lipinski definition) is 0. The number of thiazole rings is 1. The van der Waals surface area contributed by atoms with Crippen LogP contribution in [0.4, 0.5) is 5.69 Å². The van der Waals surface area contributed by atoms with E-state index in [0.717, 1.165) is 0 Å². The highest BCUT2D eigenvalue weighted by atomic mass is 32.1. The Morgan fingerprint density at radius 1 is 1.45 bits per heavy atom. The van der Waals surface area contributed by atoms with Crippen LogP contribution in [0.2, 0.25) is 0 Å². The number of hydrogen-bond acceptors (Lipinski definition) is 8. The molecule has 3 rings (SSSR count). The number of aromatic nitrogens is 3. The SMILES string of the molecule is CCOc1cc(N=C=S)ccc1-c1nc(-c2cscn2)no1. The zero-order chi connectivity index (χ0) is 15.4. The van der Waals surface area contributed by atoms with E-state index in [0.29, 0.717) is 41.0 Å². The molecule has 2 heterocycles. The maximum absolute atomic E-state index is 5.62. The molecule has 3 aromatic rings. The van der Waals surface area contributed by atoms with E-state index in [2.05, 4.69) is 37.5 Å². The average molecular weight is 330 g/mol. The van der Waals surface area contributed by atoms with Gasteiger partial charge >= 0.3 is 0 Å². The topological polar surface area (TPSA) is 73.4 Å². The van der Waals surface area contributed by atoms with Gasteiger partial charge in [-0.1, -0.05) is 5.16 Å². The number of ether oxygens (including phenoxy) is 1. The molecule has 110 valence electrons. The fourth-order valence-corrected chi connectivity index (χ4v) is 2.48. The first-order valence-electron chi connectivity index (χ1n) is 6.39. The molecule has 0 saturated heterocycles. The van der Waals surface area contributed by atoms with Crippen molar-refractivity contribution < 1.29 is 9.26 Å². The number of rotatable bonds is 5. The molecule has 0 N–H and O–H groups in total. The van der Waals surface area contributed by atoms with Crippen molar-refractivity contribution in [1.29, 1.82) is 0 Å². The van der Waals surface area contributed by atoms with E-state index in [1.807, 2.05) is 12.3 Å². The zero-order valence-electron chi connectivity index (χ0n) is 11.5. The van der Waals surface area contributed by atoms with Crippen LogP contribution in [-0.4, -0.2) is 26.9 Å². The molecular formula is C14H10N4O2S2. The number of aliphatic imine (C=N–C) groups is 1. The van der Waals surface area contributed by atoms with E-state index in [1.54, 1.807) is 23.7 Å². The summed E-state index contributed by atoms with van der Waals surface area (Å²) < 4.78 is 10.9. The Morgan fingerprint density at radius 3 is 3.09 bits per heavy atom. The molecule has 0 bridgehead atoms. The molecule has 0 aliphatic carbocycles. The van der Waals surface area contributed by atoms with E-state index in [-0.39, 0.29) is 0 Å². The summed E-state index contributed by atoms with van der Waals surface area (Å²) in [6.07, 6.45) is 0. The summed E-state index contributed by atoms with van der Waals surface area (Å²) in [6.45, 7) is 2.40. The van der Waals surface area contributed by atoms with Gasteiger partial charge in [0.25, 0.3) is 5.89 Å². The minimum absolute atomic E-state index is 0.365. The third-order valence-corrected chi connectivity index (χ3v) is 3.44. The van der Waals surface area contributed by atoms with Crippen LogP contribution in [0.25, 0.3) is 23.0 Å². The highest BCUT2D eigenvalue weighted by molar-refractivity contribution is 7.78. The smallest absolute Gasteiger partial charge is 0.262 e. The van der Waals surface area contributed by atoms with Gasteiger partial charge in [0.15, 0.2) is 0 Å². The van der Waals surface area contributed by atoms with Crippen LogP contribution in [0, 0.1) is 0 Å². The van der Waals surface area contributed by atoms with Crippen molar-refractivity contribution in [2.24, 2.45) is 4.99 Å². The molecule has 0 radical (unpaired) electrons. The maximum atomic E-state index is 5.62. The monoisotopic (exact) mass is 330 g/mol. The minimum atomic E-state index is 0.365. The highest BCUT2D eigenvalue weighted by Crippen LogP contribution is 2.33. The second-order valence-electron chi connectivity index (χ2n) is 4.11. The molecule has 0 aliphatic rings. The largest absolute Gasteiger partial charge is 0.493 e. The Kier molecular flexibility index (Phi) is 4.34. The van der Waals surface area contributed by atoms with Crippen molar-refractivity contribution in [2.75, 3.05) is 6.61 Å². The van der Waals surface area contributed by atoms with Gasteiger partial charge < -0.3 is 9.26 Å². The second-order valence-corrected chi connectivity index (χ2v) is 5.01. The summed E-state index contributed by atoms with van der Waals surface area (Å²) in [6, 6.07) is 5.34. The molecule has 0 spiro atoms. The molecule has 2 aromatic heterocycles. The van der Waals surface area contributed by atoms with Crippen LogP contribution in [0.3, 0.4) is 0 Å². The van der Waals surface area contributed by atoms with Crippen molar-refractivity contribution in [3.63, 3.8) is 0 Å². The Hall–Kier alpha value is -2.41. The summed E-state index contributed by atoms with van der Waals surface area (Å²) in [4.78, 5) is 12.5. The Morgan fingerprint density at radius 2 is 2.36 bits per heavy atom. The molecule has 1 aromatic carbocycles. The van der Waals surface area contributed by atoms with Gasteiger partial charge in [-0.25, -0.2) is 4.98 Å². The van der Waals surface area contributed by atoms with Crippen LogP contribution in [-0.2, 0) is 0 Å². The Bertz CT molecular complexity index is 823. The predicted octanol–water partition coefficient (Wildman–Crippen LogP) is 3.99. The van der Waals surface area contributed by atoms with Gasteiger partial charge in [0, 0.05) is 11.4 Å². The molecule has 0 saturated carbocycles. The summed E-state index contributed by atoms with van der Waals surface area (Å²) in [5, 5.41) is 8.13. The Labute approximate surface area is 135 Å². The lowest BCUT2D eigenvalue weighted by atomic mass is 10.2. The third kappa shape index (κ3) is 2.94. The van der Waals surface area contributed by atoms with E-state index in [4.69, 9.17) is 9.26 Å². The lowest BCUT2D eigenvalue weighted by molar-refractivity contribution is 0.339. The normalized spacial score (nSPS) is 10.2. The molecule has 0 fully saturated rings. The minimum Gasteiger partial charge on any atom is -0.493 e. The van der Waals surface area contributed by atoms with Crippen molar-refractivity contribution in [1.82, 2.24) is 15.1 Å². The predicted molar refractivity (Wildman–Crippen MR) is 86.7 cm³/mol. The van der Waals surface area contributed by atoms with Crippen molar-refractivity contribution in [3.8, 4) is 28.7 Å². The van der Waals surface area contributed by atoms with Gasteiger partial charge in [0.2, 0.25) is 5.82 Å². The van der Waals surface area contributed by atoms with Gasteiger partial charge in [0.1, 0.15) is 11.4 Å². The first-order chi connectivity index (χ1) is 10.8. The summed E-state index contributed by atoms with van der Waals surface area (Å²) in [5.41, 5.74) is 3.75. The lowest BCUT2D eigenvalue weighted by Crippen LogP contribution is -1.94. The molecule has 0 amide bonds. The van der Waals surface area contributed by atoms with Crippen molar-refractivity contribution >= 4 is 34.4 Å². The van der Waals surface area contributed by atoms with Gasteiger partial charge in [-0.2, -0.15) is 9.98 Å². The molecule has 8 heteroatoms. The molecule has 0 aliphatic heterocycles. The summed E-state index contributed by atoms with van der Waals surface area (Å²) in [5.74, 6) is 1.41. The molecule has 22 heavy (non-hydrogen) atoms. The van der Waals surface area contributed by atoms with Crippen molar-refractivity contribution in [2.45, 2.75) is 6.92 Å². The Balaban J connectivity index is 2.02. The quantitative estimate of drug-likeness (QED) is 0.520. The van der Waals surface area contributed by atoms with E-state index in [9.17, 15) is 0 Å². The molecule has 0 atom stereocenters. The first-order valence-corrected chi connectivity index (χ1v) is 7.74. The van der Waals surface area contributed by atoms with Gasteiger partial charge in [0.05, 0.1) is 28.5 Å². The summed E-state index contributed by atoms with van der Waals surface area (Å²) >= 11 is 6.08. The average Bonchev–Trinajstić information content (AvgIpc) is 3.19. The highest BCUT2D eigenvalue weighted by Gasteiger charge is 2.16. The molecular weight excluding hydrogens is 320 g/mol. The molecule has 6 nitrogen and oxygen atoms in total. The number of isothiocyanates is 1. The number of benzene rings is 1. The second kappa shape index (κ2) is 6.57. The van der Waals surface area contributed by atoms with Gasteiger partial charge in [-0.05, 0) is 31.3 Å². The maximum Gasteiger partial charge on any atom is 0.262 e. The van der Waals surface area contributed by atoms with E-state index >= 15 is 0 Å². The van der Waals surface area contributed by atoms with Crippen LogP contribution in [0.5, 0.6) is 5.75 Å². The fraction of sp³-hybridized carbons (Fsp3) is 0.143. The van der Waals surface area contributed by atoms with Crippen molar-refractivity contribution in [3.05, 3.63) is 29.1 Å². The number of thiocarbonyl (C=S) groups is 1. The molecule has 0 unspecified atom stereocenters. The fourth-order valence-electron chi connectivity index (χ4n) is 1.84. The summed E-state index contributed by atoms with van der Waals surface area (Å²) in [7, 11) is 0. The van der Waals surface area contributed by atoms with Crippen LogP contribution >= 0.6 is 23.6 Å². The van der Waals surface area contributed by atoms with Gasteiger partial charge in [-0.3, -0.25) is 0 Å². The van der Waals surface area contributed by atoms with E-state index in [1.165, 1.54) is 11.3 Å². The third-order valence-electron chi connectivity index (χ3n) is 2.76. The number of nitrogens with zero attached hydrogens (tertiary/aromatic N) is 4. The lowest BCUT2D eigenvalue weighted by Gasteiger charge is -2.07. The van der Waals surface area contributed by atoms with Crippen LogP contribution < -0.4 is 4.74 Å². The van der Waals surface area contributed by atoms with E-state index < -0.39 is 0 Å². The van der Waals surface area contributed by atoms with Crippen LogP contribution in [0.15, 0.2) is 38.6 Å².